The van der Waals surface area contributed by atoms with Gasteiger partial charge in [-0.25, -0.2) is 14.2 Å². The van der Waals surface area contributed by atoms with Crippen molar-refractivity contribution in [1.82, 2.24) is 30.3 Å². The summed E-state index contributed by atoms with van der Waals surface area (Å²) in [4.78, 5) is 21.3. The molecule has 3 aromatic heterocycles. The zero-order valence-electron chi connectivity index (χ0n) is 18.2. The summed E-state index contributed by atoms with van der Waals surface area (Å²) in [5.74, 6) is 0.448. The van der Waals surface area contributed by atoms with Gasteiger partial charge in [-0.05, 0) is 50.2 Å². The van der Waals surface area contributed by atoms with Gasteiger partial charge in [0.05, 0.1) is 41.6 Å². The smallest absolute Gasteiger partial charge is 0.404 e. The first-order chi connectivity index (χ1) is 16.4. The predicted molar refractivity (Wildman–Crippen MR) is 119 cm³/mol. The van der Waals surface area contributed by atoms with Crippen LogP contribution in [0.5, 0.6) is 0 Å². The van der Waals surface area contributed by atoms with Crippen LogP contribution in [0.2, 0.25) is 0 Å². The number of fused-ring (bicyclic) bond motifs is 1. The number of amides is 1. The van der Waals surface area contributed by atoms with E-state index in [4.69, 9.17) is 0 Å². The van der Waals surface area contributed by atoms with Gasteiger partial charge in [0.1, 0.15) is 11.8 Å². The third-order valence-electron chi connectivity index (χ3n) is 6.35. The minimum absolute atomic E-state index is 0.0218. The van der Waals surface area contributed by atoms with Gasteiger partial charge in [0.25, 0.3) is 0 Å². The van der Waals surface area contributed by atoms with Gasteiger partial charge >= 0.3 is 6.09 Å². The molecule has 11 nitrogen and oxygen atoms in total. The van der Waals surface area contributed by atoms with Gasteiger partial charge in [-0.3, -0.25) is 4.98 Å². The Labute approximate surface area is 194 Å². The van der Waals surface area contributed by atoms with Crippen LogP contribution in [0.25, 0.3) is 5.69 Å². The number of aryl methyl sites for hydroxylation is 1. The molecule has 0 radical (unpaired) electrons. The third-order valence-corrected chi connectivity index (χ3v) is 6.35. The van der Waals surface area contributed by atoms with Crippen molar-refractivity contribution in [2.45, 2.75) is 38.3 Å². The zero-order chi connectivity index (χ0) is 23.8. The molecule has 3 aromatic rings. The van der Waals surface area contributed by atoms with Crippen LogP contribution in [0.1, 0.15) is 30.5 Å². The van der Waals surface area contributed by atoms with Crippen molar-refractivity contribution in [3.8, 4) is 11.8 Å². The summed E-state index contributed by atoms with van der Waals surface area (Å²) in [6, 6.07) is 4.17. The number of halogens is 1. The van der Waals surface area contributed by atoms with E-state index >= 15 is 0 Å². The average Bonchev–Trinajstić information content (AvgIpc) is 3.33. The molecule has 4 atom stereocenters. The second-order valence-electron chi connectivity index (χ2n) is 8.63. The Bertz CT molecular complexity index is 1270. The second-order valence-corrected chi connectivity index (χ2v) is 8.63. The van der Waals surface area contributed by atoms with Crippen LogP contribution in [0.15, 0.2) is 30.7 Å². The molecule has 174 valence electrons. The number of nitrogens with zero attached hydrogens (tertiary/aromatic N) is 6. The van der Waals surface area contributed by atoms with E-state index in [0.29, 0.717) is 35.3 Å². The molecule has 2 saturated carbocycles. The summed E-state index contributed by atoms with van der Waals surface area (Å²) >= 11 is 0. The van der Waals surface area contributed by atoms with E-state index in [9.17, 15) is 19.6 Å². The Balaban J connectivity index is 1.42. The van der Waals surface area contributed by atoms with Crippen molar-refractivity contribution in [2.75, 3.05) is 10.6 Å². The van der Waals surface area contributed by atoms with E-state index in [-0.39, 0.29) is 29.3 Å². The van der Waals surface area contributed by atoms with Crippen molar-refractivity contribution in [2.24, 2.45) is 11.8 Å². The molecule has 0 aliphatic heterocycles. The van der Waals surface area contributed by atoms with Gasteiger partial charge < -0.3 is 21.1 Å². The molecule has 12 heteroatoms. The number of hydrogen-bond donors (Lipinski definition) is 4. The zero-order valence-corrected chi connectivity index (χ0v) is 18.2. The number of hydrogen-bond acceptors (Lipinski definition) is 8. The van der Waals surface area contributed by atoms with Crippen molar-refractivity contribution in [1.29, 1.82) is 5.26 Å². The molecule has 2 fully saturated rings. The second kappa shape index (κ2) is 8.58. The van der Waals surface area contributed by atoms with Crippen LogP contribution in [0.4, 0.5) is 26.5 Å². The standard InChI is InChI=1S/C22H22FN9O2/c1-11-19(32-26-2-3-27-32)8-15(10-25-11)28-20-14(9-24)5-16(23)21(31-20)29-17-6-12-4-13(12)7-18(17)30-22(33)34/h2-3,5,8,10,12-13,17-18,30H,4,6-7H2,1H3,(H,33,34)(H2,28,29,31)/t12?,13?,17-,18-/m0/s1. The van der Waals surface area contributed by atoms with Crippen LogP contribution < -0.4 is 16.0 Å². The fraction of sp³-hybridized carbons (Fsp3) is 0.364. The molecule has 2 aliphatic rings. The fourth-order valence-corrected chi connectivity index (χ4v) is 4.56. The maximum absolute atomic E-state index is 14.8. The third kappa shape index (κ3) is 4.32. The van der Waals surface area contributed by atoms with E-state index in [1.165, 1.54) is 4.80 Å². The van der Waals surface area contributed by atoms with Crippen molar-refractivity contribution in [3.63, 3.8) is 0 Å². The molecular formula is C22H22FN9O2. The van der Waals surface area contributed by atoms with Gasteiger partial charge in [0, 0.05) is 6.04 Å². The Morgan fingerprint density at radius 1 is 1.18 bits per heavy atom. The van der Waals surface area contributed by atoms with Crippen LogP contribution in [0, 0.1) is 35.9 Å². The van der Waals surface area contributed by atoms with Crippen molar-refractivity contribution < 1.29 is 14.3 Å². The first-order valence-corrected chi connectivity index (χ1v) is 10.9. The highest BCUT2D eigenvalue weighted by Gasteiger charge is 2.47. The topological polar surface area (TPSA) is 154 Å². The monoisotopic (exact) mass is 463 g/mol. The highest BCUT2D eigenvalue weighted by Crippen LogP contribution is 2.50. The molecule has 2 aliphatic carbocycles. The van der Waals surface area contributed by atoms with Gasteiger partial charge in [0.2, 0.25) is 0 Å². The van der Waals surface area contributed by atoms with Crippen LogP contribution >= 0.6 is 0 Å². The summed E-state index contributed by atoms with van der Waals surface area (Å²) in [6.45, 7) is 1.82. The summed E-state index contributed by atoms with van der Waals surface area (Å²) in [6.07, 6.45) is 6.05. The molecule has 0 bridgehead atoms. The largest absolute Gasteiger partial charge is 0.465 e. The Morgan fingerprint density at radius 2 is 1.91 bits per heavy atom. The first kappa shape index (κ1) is 21.6. The normalized spacial score (nSPS) is 22.9. The molecule has 34 heavy (non-hydrogen) atoms. The van der Waals surface area contributed by atoms with Gasteiger partial charge in [-0.1, -0.05) is 0 Å². The molecule has 0 aromatic carbocycles. The van der Waals surface area contributed by atoms with E-state index in [1.807, 2.05) is 13.0 Å². The summed E-state index contributed by atoms with van der Waals surface area (Å²) in [7, 11) is 0. The molecule has 1 amide bonds. The van der Waals surface area contributed by atoms with Crippen LogP contribution in [-0.2, 0) is 0 Å². The number of rotatable bonds is 6. The van der Waals surface area contributed by atoms with Gasteiger partial charge in [-0.15, -0.1) is 4.80 Å². The first-order valence-electron chi connectivity index (χ1n) is 10.9. The maximum atomic E-state index is 14.8. The van der Waals surface area contributed by atoms with Gasteiger partial charge in [-0.2, -0.15) is 15.5 Å². The lowest BCUT2D eigenvalue weighted by molar-refractivity contribution is 0.183. The highest BCUT2D eigenvalue weighted by atomic mass is 19.1. The van der Waals surface area contributed by atoms with Crippen molar-refractivity contribution in [3.05, 3.63) is 47.8 Å². The quantitative estimate of drug-likeness (QED) is 0.432. The summed E-state index contributed by atoms with van der Waals surface area (Å²) in [5, 5.41) is 35.6. The summed E-state index contributed by atoms with van der Waals surface area (Å²) in [5.41, 5.74) is 1.87. The summed E-state index contributed by atoms with van der Waals surface area (Å²) < 4.78 is 14.8. The molecular weight excluding hydrogens is 441 g/mol. The minimum atomic E-state index is -1.11. The Kier molecular flexibility index (Phi) is 5.45. The number of pyridine rings is 2. The lowest BCUT2D eigenvalue weighted by atomic mass is 9.90. The highest BCUT2D eigenvalue weighted by molar-refractivity contribution is 5.67. The van der Waals surface area contributed by atoms with Crippen molar-refractivity contribution >= 4 is 23.4 Å². The number of nitriles is 1. The maximum Gasteiger partial charge on any atom is 0.404 e. The number of nitrogens with one attached hydrogen (secondary N) is 3. The van der Waals surface area contributed by atoms with Gasteiger partial charge in [0.15, 0.2) is 17.5 Å². The minimum Gasteiger partial charge on any atom is -0.465 e. The molecule has 3 heterocycles. The molecule has 0 spiro atoms. The van der Waals surface area contributed by atoms with E-state index in [1.54, 1.807) is 24.7 Å². The Hall–Kier alpha value is -4.27. The SMILES string of the molecule is Cc1ncc(Nc2nc(N[C@H]3CC4CC4C[C@@H]3NC(=O)O)c(F)cc2C#N)cc1-n1nccn1. The predicted octanol–water partition coefficient (Wildman–Crippen LogP) is 2.97. The number of carboxylic acid groups (broad SMARTS) is 1. The van der Waals surface area contributed by atoms with E-state index in [2.05, 4.69) is 36.1 Å². The molecule has 5 rings (SSSR count). The van der Waals surface area contributed by atoms with E-state index in [0.717, 1.165) is 18.9 Å². The number of aromatic nitrogens is 5. The molecule has 2 unspecified atom stereocenters. The Morgan fingerprint density at radius 3 is 2.62 bits per heavy atom. The van der Waals surface area contributed by atoms with Crippen LogP contribution in [0.3, 0.4) is 0 Å². The fourth-order valence-electron chi connectivity index (χ4n) is 4.56. The number of anilines is 3. The van der Waals surface area contributed by atoms with Crippen LogP contribution in [-0.4, -0.2) is 48.2 Å². The molecule has 4 N–H and O–H groups in total. The van der Waals surface area contributed by atoms with E-state index < -0.39 is 11.9 Å². The molecule has 0 saturated heterocycles. The average molecular weight is 463 g/mol. The number of carbonyl (C=O) groups is 1. The lowest BCUT2D eigenvalue weighted by Gasteiger charge is -2.32. The lowest BCUT2D eigenvalue weighted by Crippen LogP contribution is -2.49.